The van der Waals surface area contributed by atoms with Gasteiger partial charge in [-0.3, -0.25) is 4.79 Å². The largest absolute Gasteiger partial charge is 0.364 e. The van der Waals surface area contributed by atoms with Crippen molar-refractivity contribution in [1.29, 1.82) is 0 Å². The standard InChI is InChI=1S/C12H14N4OS/c1-2-8(10-4-3-5-18-10)16-11-7-14-9(6-15-11)12(13)17/h3-8H,2H2,1H3,(H2,13,17)(H,15,16)/t8-/m0/s1. The molecule has 0 fully saturated rings. The Morgan fingerprint density at radius 2 is 2.33 bits per heavy atom. The third kappa shape index (κ3) is 2.84. The van der Waals surface area contributed by atoms with E-state index in [1.165, 1.54) is 17.3 Å². The molecule has 0 bridgehead atoms. The van der Waals surface area contributed by atoms with Crippen molar-refractivity contribution in [2.24, 2.45) is 5.73 Å². The Kier molecular flexibility index (Phi) is 3.88. The van der Waals surface area contributed by atoms with Crippen LogP contribution in [0.25, 0.3) is 0 Å². The predicted octanol–water partition coefficient (Wildman–Crippen LogP) is 2.20. The summed E-state index contributed by atoms with van der Waals surface area (Å²) >= 11 is 1.70. The van der Waals surface area contributed by atoms with Crippen molar-refractivity contribution in [1.82, 2.24) is 9.97 Å². The van der Waals surface area contributed by atoms with Crippen LogP contribution >= 0.6 is 11.3 Å². The Morgan fingerprint density at radius 1 is 1.50 bits per heavy atom. The molecule has 1 amide bonds. The first kappa shape index (κ1) is 12.5. The first-order valence-electron chi connectivity index (χ1n) is 5.62. The smallest absolute Gasteiger partial charge is 0.268 e. The summed E-state index contributed by atoms with van der Waals surface area (Å²) in [6.45, 7) is 2.10. The molecule has 94 valence electrons. The average molecular weight is 262 g/mol. The van der Waals surface area contributed by atoms with Crippen LogP contribution in [0.1, 0.15) is 34.8 Å². The third-order valence-electron chi connectivity index (χ3n) is 2.52. The van der Waals surface area contributed by atoms with Crippen molar-refractivity contribution < 1.29 is 4.79 Å². The number of aromatic nitrogens is 2. The van der Waals surface area contributed by atoms with Crippen LogP contribution in [-0.4, -0.2) is 15.9 Å². The molecule has 5 nitrogen and oxygen atoms in total. The number of nitrogens with zero attached hydrogens (tertiary/aromatic N) is 2. The highest BCUT2D eigenvalue weighted by Gasteiger charge is 2.11. The topological polar surface area (TPSA) is 80.9 Å². The van der Waals surface area contributed by atoms with E-state index < -0.39 is 5.91 Å². The van der Waals surface area contributed by atoms with Crippen LogP contribution in [0.5, 0.6) is 0 Å². The number of hydrogen-bond donors (Lipinski definition) is 2. The van der Waals surface area contributed by atoms with E-state index in [9.17, 15) is 4.79 Å². The maximum absolute atomic E-state index is 10.9. The van der Waals surface area contributed by atoms with Crippen LogP contribution in [0.15, 0.2) is 29.9 Å². The molecule has 0 saturated carbocycles. The monoisotopic (exact) mass is 262 g/mol. The Morgan fingerprint density at radius 3 is 2.83 bits per heavy atom. The highest BCUT2D eigenvalue weighted by Crippen LogP contribution is 2.24. The molecule has 2 heterocycles. The lowest BCUT2D eigenvalue weighted by Gasteiger charge is -2.15. The lowest BCUT2D eigenvalue weighted by Crippen LogP contribution is -2.15. The summed E-state index contributed by atoms with van der Waals surface area (Å²) in [5, 5.41) is 5.33. The summed E-state index contributed by atoms with van der Waals surface area (Å²) in [6, 6.07) is 4.31. The van der Waals surface area contributed by atoms with Gasteiger partial charge in [0.1, 0.15) is 11.5 Å². The molecule has 0 saturated heterocycles. The number of nitrogens with two attached hydrogens (primary N) is 1. The summed E-state index contributed by atoms with van der Waals surface area (Å²) in [7, 11) is 0. The molecule has 0 aromatic carbocycles. The van der Waals surface area contributed by atoms with E-state index in [0.29, 0.717) is 5.82 Å². The van der Waals surface area contributed by atoms with E-state index in [0.717, 1.165) is 6.42 Å². The predicted molar refractivity (Wildman–Crippen MR) is 71.5 cm³/mol. The van der Waals surface area contributed by atoms with Crippen molar-refractivity contribution in [2.45, 2.75) is 19.4 Å². The minimum Gasteiger partial charge on any atom is -0.364 e. The maximum atomic E-state index is 10.9. The minimum absolute atomic E-state index is 0.171. The number of amides is 1. The van der Waals surface area contributed by atoms with E-state index in [1.54, 1.807) is 11.3 Å². The maximum Gasteiger partial charge on any atom is 0.268 e. The summed E-state index contributed by atoms with van der Waals surface area (Å²) in [6.07, 6.45) is 3.85. The molecule has 0 aliphatic carbocycles. The van der Waals surface area contributed by atoms with Crippen LogP contribution in [-0.2, 0) is 0 Å². The number of primary amides is 1. The Balaban J connectivity index is 2.10. The van der Waals surface area contributed by atoms with Crippen molar-refractivity contribution >= 4 is 23.1 Å². The number of rotatable bonds is 5. The van der Waals surface area contributed by atoms with Gasteiger partial charge in [-0.25, -0.2) is 9.97 Å². The quantitative estimate of drug-likeness (QED) is 0.865. The van der Waals surface area contributed by atoms with Crippen molar-refractivity contribution in [3.05, 3.63) is 40.5 Å². The molecule has 1 atom stereocenters. The fourth-order valence-electron chi connectivity index (χ4n) is 1.57. The molecule has 2 rings (SSSR count). The molecule has 3 N–H and O–H groups in total. The van der Waals surface area contributed by atoms with E-state index in [4.69, 9.17) is 5.73 Å². The van der Waals surface area contributed by atoms with Crippen LogP contribution in [0.2, 0.25) is 0 Å². The van der Waals surface area contributed by atoms with Crippen molar-refractivity contribution in [3.8, 4) is 0 Å². The van der Waals surface area contributed by atoms with Gasteiger partial charge in [0.25, 0.3) is 5.91 Å². The second kappa shape index (κ2) is 5.59. The van der Waals surface area contributed by atoms with Gasteiger partial charge in [-0.15, -0.1) is 11.3 Å². The molecule has 0 aliphatic rings. The summed E-state index contributed by atoms with van der Waals surface area (Å²) in [5.41, 5.74) is 5.28. The Hall–Kier alpha value is -1.95. The van der Waals surface area contributed by atoms with E-state index in [2.05, 4.69) is 28.3 Å². The normalized spacial score (nSPS) is 12.1. The van der Waals surface area contributed by atoms with Gasteiger partial charge < -0.3 is 11.1 Å². The fraction of sp³-hybridized carbons (Fsp3) is 0.250. The first-order chi connectivity index (χ1) is 8.70. The molecule has 2 aromatic rings. The molecular weight excluding hydrogens is 248 g/mol. The number of thiophene rings is 1. The van der Waals surface area contributed by atoms with Gasteiger partial charge in [-0.1, -0.05) is 13.0 Å². The highest BCUT2D eigenvalue weighted by atomic mass is 32.1. The molecule has 0 spiro atoms. The van der Waals surface area contributed by atoms with E-state index in [-0.39, 0.29) is 11.7 Å². The number of nitrogens with one attached hydrogen (secondary N) is 1. The molecule has 18 heavy (non-hydrogen) atoms. The summed E-state index contributed by atoms with van der Waals surface area (Å²) < 4.78 is 0. The number of carbonyl (C=O) groups excluding carboxylic acids is 1. The van der Waals surface area contributed by atoms with Gasteiger partial charge in [0, 0.05) is 4.88 Å². The van der Waals surface area contributed by atoms with Gasteiger partial charge in [0.05, 0.1) is 18.4 Å². The lowest BCUT2D eigenvalue weighted by molar-refractivity contribution is 0.0995. The third-order valence-corrected chi connectivity index (χ3v) is 3.51. The molecular formula is C12H14N4OS. The highest BCUT2D eigenvalue weighted by molar-refractivity contribution is 7.10. The molecule has 0 radical (unpaired) electrons. The van der Waals surface area contributed by atoms with Crippen molar-refractivity contribution in [2.75, 3.05) is 5.32 Å². The van der Waals surface area contributed by atoms with Crippen LogP contribution < -0.4 is 11.1 Å². The van der Waals surface area contributed by atoms with Gasteiger partial charge in [0.15, 0.2) is 0 Å². The minimum atomic E-state index is -0.570. The zero-order valence-corrected chi connectivity index (χ0v) is 10.8. The van der Waals surface area contributed by atoms with Crippen LogP contribution in [0.3, 0.4) is 0 Å². The van der Waals surface area contributed by atoms with E-state index in [1.807, 2.05) is 11.4 Å². The molecule has 0 aliphatic heterocycles. The van der Waals surface area contributed by atoms with Crippen LogP contribution in [0.4, 0.5) is 5.82 Å². The molecule has 6 heteroatoms. The van der Waals surface area contributed by atoms with Gasteiger partial charge >= 0.3 is 0 Å². The SMILES string of the molecule is CC[C@H](Nc1cnc(C(N)=O)cn1)c1cccs1. The number of hydrogen-bond acceptors (Lipinski definition) is 5. The number of anilines is 1. The molecule has 2 aromatic heterocycles. The van der Waals surface area contributed by atoms with Gasteiger partial charge in [-0.2, -0.15) is 0 Å². The lowest BCUT2D eigenvalue weighted by atomic mass is 10.2. The summed E-state index contributed by atoms with van der Waals surface area (Å²) in [5.74, 6) is 0.0691. The fourth-order valence-corrected chi connectivity index (χ4v) is 2.43. The second-order valence-electron chi connectivity index (χ2n) is 3.77. The van der Waals surface area contributed by atoms with Crippen molar-refractivity contribution in [3.63, 3.8) is 0 Å². The second-order valence-corrected chi connectivity index (χ2v) is 4.75. The Bertz CT molecular complexity index is 509. The van der Waals surface area contributed by atoms with Crippen LogP contribution in [0, 0.1) is 0 Å². The zero-order valence-electron chi connectivity index (χ0n) is 9.96. The first-order valence-corrected chi connectivity index (χ1v) is 6.50. The molecule has 0 unspecified atom stereocenters. The zero-order chi connectivity index (χ0) is 13.0. The number of carbonyl (C=O) groups is 1. The summed E-state index contributed by atoms with van der Waals surface area (Å²) in [4.78, 5) is 20.2. The van der Waals surface area contributed by atoms with E-state index >= 15 is 0 Å². The average Bonchev–Trinajstić information content (AvgIpc) is 2.90. The van der Waals surface area contributed by atoms with Gasteiger partial charge in [0.2, 0.25) is 0 Å². The van der Waals surface area contributed by atoms with Gasteiger partial charge in [-0.05, 0) is 17.9 Å². The Labute approximate surface area is 109 Å².